The van der Waals surface area contributed by atoms with Gasteiger partial charge < -0.3 is 10.1 Å². The molecular formula is C13H24N4O. The third-order valence-electron chi connectivity index (χ3n) is 2.46. The third-order valence-corrected chi connectivity index (χ3v) is 2.46. The van der Waals surface area contributed by atoms with Crippen LogP contribution in [0.4, 0.5) is 0 Å². The first kappa shape index (κ1) is 14.9. The lowest BCUT2D eigenvalue weighted by Crippen LogP contribution is -2.14. The molecule has 0 saturated heterocycles. The number of hydrogen-bond acceptors (Lipinski definition) is 4. The van der Waals surface area contributed by atoms with Crippen LogP contribution in [0.2, 0.25) is 0 Å². The van der Waals surface area contributed by atoms with Crippen LogP contribution >= 0.6 is 0 Å². The molecule has 0 aliphatic carbocycles. The van der Waals surface area contributed by atoms with Gasteiger partial charge in [-0.15, -0.1) is 11.7 Å². The van der Waals surface area contributed by atoms with Crippen LogP contribution in [0.1, 0.15) is 32.4 Å². The summed E-state index contributed by atoms with van der Waals surface area (Å²) in [7, 11) is 0. The predicted octanol–water partition coefficient (Wildman–Crippen LogP) is 1.76. The van der Waals surface area contributed by atoms with E-state index in [1.165, 1.54) is 0 Å². The Hall–Kier alpha value is -1.20. The zero-order valence-electron chi connectivity index (χ0n) is 11.5. The number of aromatic nitrogens is 3. The smallest absolute Gasteiger partial charge is 0.0964 e. The fourth-order valence-corrected chi connectivity index (χ4v) is 1.43. The van der Waals surface area contributed by atoms with Crippen molar-refractivity contribution in [3.05, 3.63) is 24.0 Å². The van der Waals surface area contributed by atoms with Crippen LogP contribution in [-0.4, -0.2) is 34.8 Å². The van der Waals surface area contributed by atoms with E-state index in [9.17, 15) is 0 Å². The van der Waals surface area contributed by atoms with Gasteiger partial charge in [-0.1, -0.05) is 17.7 Å². The van der Waals surface area contributed by atoms with Crippen molar-refractivity contribution in [3.63, 3.8) is 0 Å². The molecule has 0 aromatic carbocycles. The molecule has 0 amide bonds. The fourth-order valence-electron chi connectivity index (χ4n) is 1.43. The minimum atomic E-state index is 0.665. The Morgan fingerprint density at radius 3 is 3.06 bits per heavy atom. The molecule has 18 heavy (non-hydrogen) atoms. The van der Waals surface area contributed by atoms with Crippen molar-refractivity contribution in [2.45, 2.75) is 39.8 Å². The first-order valence-corrected chi connectivity index (χ1v) is 6.54. The van der Waals surface area contributed by atoms with Gasteiger partial charge in [0.15, 0.2) is 0 Å². The highest BCUT2D eigenvalue weighted by molar-refractivity contribution is 4.91. The summed E-state index contributed by atoms with van der Waals surface area (Å²) in [6.45, 7) is 11.9. The molecule has 5 heteroatoms. The molecule has 0 aliphatic rings. The zero-order valence-corrected chi connectivity index (χ0v) is 11.5. The Kier molecular flexibility index (Phi) is 7.29. The highest BCUT2D eigenvalue weighted by atomic mass is 16.5. The maximum absolute atomic E-state index is 5.49. The molecule has 0 fully saturated rings. The molecular weight excluding hydrogens is 228 g/mol. The molecule has 0 atom stereocenters. The van der Waals surface area contributed by atoms with Gasteiger partial charge in [0.1, 0.15) is 0 Å². The van der Waals surface area contributed by atoms with Gasteiger partial charge in [-0.3, -0.25) is 0 Å². The van der Waals surface area contributed by atoms with Crippen molar-refractivity contribution in [1.29, 1.82) is 0 Å². The van der Waals surface area contributed by atoms with E-state index in [1.807, 2.05) is 17.8 Å². The number of hydrogen-bond donors (Lipinski definition) is 1. The molecule has 5 nitrogen and oxygen atoms in total. The second-order valence-electron chi connectivity index (χ2n) is 4.47. The number of nitrogens with one attached hydrogen (secondary N) is 1. The lowest BCUT2D eigenvalue weighted by atomic mass is 10.3. The predicted molar refractivity (Wildman–Crippen MR) is 72.3 cm³/mol. The average molecular weight is 252 g/mol. The first-order chi connectivity index (χ1) is 8.72. The van der Waals surface area contributed by atoms with Crippen LogP contribution in [0.15, 0.2) is 18.3 Å². The molecule has 0 radical (unpaired) electrons. The largest absolute Gasteiger partial charge is 0.379 e. The Bertz CT molecular complexity index is 349. The fraction of sp³-hybridized carbons (Fsp3) is 0.692. The molecule has 0 aliphatic heterocycles. The molecule has 102 valence electrons. The second-order valence-corrected chi connectivity index (χ2v) is 4.47. The average Bonchev–Trinajstić information content (AvgIpc) is 2.77. The SMILES string of the molecule is C=C(C)CCOCCn1cc(CNCCC)nn1. The van der Waals surface area contributed by atoms with E-state index < -0.39 is 0 Å². The van der Waals surface area contributed by atoms with Gasteiger partial charge in [0.25, 0.3) is 0 Å². The van der Waals surface area contributed by atoms with E-state index in [0.717, 1.165) is 50.3 Å². The van der Waals surface area contributed by atoms with Gasteiger partial charge in [-0.25, -0.2) is 4.68 Å². The zero-order chi connectivity index (χ0) is 13.2. The molecule has 1 aromatic heterocycles. The molecule has 0 saturated carbocycles. The maximum Gasteiger partial charge on any atom is 0.0964 e. The van der Waals surface area contributed by atoms with Gasteiger partial charge in [-0.2, -0.15) is 0 Å². The lowest BCUT2D eigenvalue weighted by molar-refractivity contribution is 0.126. The summed E-state index contributed by atoms with van der Waals surface area (Å²) in [6, 6.07) is 0. The summed E-state index contributed by atoms with van der Waals surface area (Å²) in [6.07, 6.45) is 4.01. The van der Waals surface area contributed by atoms with Crippen LogP contribution < -0.4 is 5.32 Å². The summed E-state index contributed by atoms with van der Waals surface area (Å²) >= 11 is 0. The van der Waals surface area contributed by atoms with Crippen molar-refractivity contribution in [1.82, 2.24) is 20.3 Å². The van der Waals surface area contributed by atoms with Gasteiger partial charge in [0, 0.05) is 12.7 Å². The molecule has 1 aromatic rings. The van der Waals surface area contributed by atoms with Gasteiger partial charge in [0.2, 0.25) is 0 Å². The highest BCUT2D eigenvalue weighted by Gasteiger charge is 1.99. The van der Waals surface area contributed by atoms with Crippen LogP contribution in [0.25, 0.3) is 0 Å². The van der Waals surface area contributed by atoms with Crippen molar-refractivity contribution in [3.8, 4) is 0 Å². The highest BCUT2D eigenvalue weighted by Crippen LogP contribution is 1.96. The Morgan fingerprint density at radius 2 is 2.33 bits per heavy atom. The van der Waals surface area contributed by atoms with E-state index in [4.69, 9.17) is 4.74 Å². The van der Waals surface area contributed by atoms with Crippen LogP contribution in [0.3, 0.4) is 0 Å². The number of ether oxygens (including phenoxy) is 1. The minimum absolute atomic E-state index is 0.665. The summed E-state index contributed by atoms with van der Waals surface area (Å²) in [4.78, 5) is 0. The van der Waals surface area contributed by atoms with E-state index >= 15 is 0 Å². The van der Waals surface area contributed by atoms with Gasteiger partial charge >= 0.3 is 0 Å². The van der Waals surface area contributed by atoms with Crippen molar-refractivity contribution in [2.24, 2.45) is 0 Å². The normalized spacial score (nSPS) is 10.8. The molecule has 0 spiro atoms. The molecule has 1 N–H and O–H groups in total. The Balaban J connectivity index is 2.13. The minimum Gasteiger partial charge on any atom is -0.379 e. The summed E-state index contributed by atoms with van der Waals surface area (Å²) in [5.41, 5.74) is 2.13. The van der Waals surface area contributed by atoms with Crippen molar-refractivity contribution >= 4 is 0 Å². The van der Waals surface area contributed by atoms with Crippen LogP contribution in [-0.2, 0) is 17.8 Å². The molecule has 1 heterocycles. The van der Waals surface area contributed by atoms with Crippen molar-refractivity contribution < 1.29 is 4.74 Å². The van der Waals surface area contributed by atoms with E-state index in [2.05, 4.69) is 29.1 Å². The van der Waals surface area contributed by atoms with E-state index in [1.54, 1.807) is 0 Å². The topological polar surface area (TPSA) is 52.0 Å². The second kappa shape index (κ2) is 8.83. The van der Waals surface area contributed by atoms with Gasteiger partial charge in [0.05, 0.1) is 25.5 Å². The van der Waals surface area contributed by atoms with E-state index in [-0.39, 0.29) is 0 Å². The first-order valence-electron chi connectivity index (χ1n) is 6.54. The van der Waals surface area contributed by atoms with Gasteiger partial charge in [-0.05, 0) is 26.3 Å². The quantitative estimate of drug-likeness (QED) is 0.509. The number of nitrogens with zero attached hydrogens (tertiary/aromatic N) is 3. The number of rotatable bonds is 10. The summed E-state index contributed by atoms with van der Waals surface area (Å²) in [5, 5.41) is 11.4. The maximum atomic E-state index is 5.49. The molecule has 0 unspecified atom stereocenters. The third kappa shape index (κ3) is 6.51. The summed E-state index contributed by atoms with van der Waals surface area (Å²) < 4.78 is 7.31. The Morgan fingerprint density at radius 1 is 1.50 bits per heavy atom. The van der Waals surface area contributed by atoms with E-state index in [0.29, 0.717) is 6.61 Å². The molecule has 1 rings (SSSR count). The summed E-state index contributed by atoms with van der Waals surface area (Å²) in [5.74, 6) is 0. The lowest BCUT2D eigenvalue weighted by Gasteiger charge is -2.03. The standard InChI is InChI=1S/C13H24N4O/c1-4-6-14-10-13-11-17(16-15-13)7-9-18-8-5-12(2)3/h11,14H,2,4-10H2,1,3H3. The van der Waals surface area contributed by atoms with Crippen molar-refractivity contribution in [2.75, 3.05) is 19.8 Å². The van der Waals surface area contributed by atoms with Crippen LogP contribution in [0.5, 0.6) is 0 Å². The molecule has 0 bridgehead atoms. The van der Waals surface area contributed by atoms with Crippen LogP contribution in [0, 0.1) is 0 Å². The monoisotopic (exact) mass is 252 g/mol. The Labute approximate surface area is 109 Å².